The number of nitrogens with one attached hydrogen (secondary N) is 1. The number of rotatable bonds is 6. The number of amides is 2. The molecule has 1 N–H and O–H groups in total. The van der Waals surface area contributed by atoms with E-state index >= 15 is 0 Å². The number of halogens is 1. The lowest BCUT2D eigenvalue weighted by Gasteiger charge is -2.16. The first-order valence-electron chi connectivity index (χ1n) is 9.50. The second kappa shape index (κ2) is 9.74. The minimum Gasteiger partial charge on any atom is -0.465 e. The summed E-state index contributed by atoms with van der Waals surface area (Å²) < 4.78 is 10.7. The van der Waals surface area contributed by atoms with Gasteiger partial charge in [0, 0.05) is 28.8 Å². The van der Waals surface area contributed by atoms with Crippen LogP contribution in [0.3, 0.4) is 0 Å². The Morgan fingerprint density at radius 2 is 1.87 bits per heavy atom. The van der Waals surface area contributed by atoms with Crippen LogP contribution in [0.5, 0.6) is 0 Å². The largest absolute Gasteiger partial charge is 0.465 e. The summed E-state index contributed by atoms with van der Waals surface area (Å²) in [4.78, 5) is 49.8. The molecule has 2 aromatic rings. The molecule has 0 saturated carbocycles. The molecule has 0 unspecified atom stereocenters. The number of hydrogen-bond acceptors (Lipinski definition) is 6. The van der Waals surface area contributed by atoms with E-state index in [4.69, 9.17) is 4.74 Å². The van der Waals surface area contributed by atoms with Crippen LogP contribution >= 0.6 is 15.9 Å². The van der Waals surface area contributed by atoms with Crippen LogP contribution < -0.4 is 10.2 Å². The minimum atomic E-state index is -0.671. The van der Waals surface area contributed by atoms with Gasteiger partial charge in [-0.25, -0.2) is 4.79 Å². The summed E-state index contributed by atoms with van der Waals surface area (Å²) in [5.41, 5.74) is 2.48. The molecule has 1 aliphatic heterocycles. The van der Waals surface area contributed by atoms with Crippen LogP contribution in [0.1, 0.15) is 22.3 Å². The molecule has 0 bridgehead atoms. The van der Waals surface area contributed by atoms with E-state index in [-0.39, 0.29) is 18.9 Å². The number of hydrogen-bond donors (Lipinski definition) is 1. The molecule has 31 heavy (non-hydrogen) atoms. The van der Waals surface area contributed by atoms with E-state index in [1.54, 1.807) is 36.4 Å². The number of aryl methyl sites for hydroxylation is 1. The number of ether oxygens (including phenoxy) is 2. The number of anilines is 2. The van der Waals surface area contributed by atoms with Gasteiger partial charge in [0.1, 0.15) is 0 Å². The van der Waals surface area contributed by atoms with Crippen molar-refractivity contribution in [3.63, 3.8) is 0 Å². The van der Waals surface area contributed by atoms with Crippen molar-refractivity contribution in [2.45, 2.75) is 13.3 Å². The Morgan fingerprint density at radius 1 is 1.16 bits per heavy atom. The van der Waals surface area contributed by atoms with Crippen LogP contribution in [0.25, 0.3) is 0 Å². The Bertz CT molecular complexity index is 1020. The second-order valence-corrected chi connectivity index (χ2v) is 7.92. The molecular weight excluding hydrogens is 468 g/mol. The molecule has 1 fully saturated rings. The summed E-state index contributed by atoms with van der Waals surface area (Å²) in [5.74, 6) is -2.45. The van der Waals surface area contributed by atoms with Crippen LogP contribution in [0.2, 0.25) is 0 Å². The summed E-state index contributed by atoms with van der Waals surface area (Å²) in [6, 6.07) is 11.7. The molecule has 0 spiro atoms. The third kappa shape index (κ3) is 5.49. The van der Waals surface area contributed by atoms with Gasteiger partial charge in [-0.3, -0.25) is 14.4 Å². The molecule has 2 amide bonds. The number of carbonyl (C=O) groups excluding carboxylic acids is 4. The van der Waals surface area contributed by atoms with E-state index in [1.165, 1.54) is 12.0 Å². The highest BCUT2D eigenvalue weighted by Crippen LogP contribution is 2.26. The lowest BCUT2D eigenvalue weighted by molar-refractivity contribution is -0.151. The quantitative estimate of drug-likeness (QED) is 0.626. The highest BCUT2D eigenvalue weighted by atomic mass is 79.9. The van der Waals surface area contributed by atoms with E-state index < -0.39 is 30.4 Å². The lowest BCUT2D eigenvalue weighted by Crippen LogP contribution is -2.28. The van der Waals surface area contributed by atoms with Gasteiger partial charge in [-0.15, -0.1) is 0 Å². The van der Waals surface area contributed by atoms with Gasteiger partial charge in [-0.1, -0.05) is 15.9 Å². The first kappa shape index (κ1) is 22.5. The zero-order chi connectivity index (χ0) is 22.5. The van der Waals surface area contributed by atoms with Gasteiger partial charge in [0.2, 0.25) is 5.91 Å². The summed E-state index contributed by atoms with van der Waals surface area (Å²) in [6.07, 6.45) is -0.00882. The zero-order valence-corrected chi connectivity index (χ0v) is 18.6. The Kier molecular flexibility index (Phi) is 7.06. The van der Waals surface area contributed by atoms with Crippen LogP contribution in [0, 0.1) is 12.8 Å². The molecule has 0 aliphatic carbocycles. The lowest BCUT2D eigenvalue weighted by atomic mass is 10.1. The van der Waals surface area contributed by atoms with Crippen molar-refractivity contribution in [1.82, 2.24) is 0 Å². The van der Waals surface area contributed by atoms with Crippen molar-refractivity contribution in [3.8, 4) is 0 Å². The maximum absolute atomic E-state index is 12.4. The number of benzene rings is 2. The normalized spacial score (nSPS) is 15.5. The molecule has 8 nitrogen and oxygen atoms in total. The molecule has 2 aromatic carbocycles. The van der Waals surface area contributed by atoms with Gasteiger partial charge in [0.05, 0.1) is 18.6 Å². The third-order valence-corrected chi connectivity index (χ3v) is 5.74. The molecule has 3 rings (SSSR count). The van der Waals surface area contributed by atoms with Crippen molar-refractivity contribution < 1.29 is 28.7 Å². The highest BCUT2D eigenvalue weighted by Gasteiger charge is 2.36. The standard InChI is InChI=1S/C22H21BrN2O6/c1-13-9-16(5-8-18(13)23)24-19(26)12-31-22(29)15-10-20(27)25(11-15)17-6-3-14(4-7-17)21(28)30-2/h3-9,15H,10-12H2,1-2H3,(H,24,26)/t15-/m1/s1. The number of esters is 2. The van der Waals surface area contributed by atoms with Crippen LogP contribution in [0.15, 0.2) is 46.9 Å². The predicted molar refractivity (Wildman–Crippen MR) is 117 cm³/mol. The van der Waals surface area contributed by atoms with Crippen molar-refractivity contribution in [2.24, 2.45) is 5.92 Å². The molecule has 1 atom stereocenters. The molecule has 162 valence electrons. The SMILES string of the molecule is COC(=O)c1ccc(N2C[C@H](C(=O)OCC(=O)Nc3ccc(Br)c(C)c3)CC2=O)cc1. The molecule has 9 heteroatoms. The Balaban J connectivity index is 1.53. The summed E-state index contributed by atoms with van der Waals surface area (Å²) in [5, 5.41) is 2.67. The molecular formula is C22H21BrN2O6. The van der Waals surface area contributed by atoms with Gasteiger partial charge >= 0.3 is 11.9 Å². The maximum Gasteiger partial charge on any atom is 0.337 e. The Labute approximate surface area is 187 Å². The average molecular weight is 489 g/mol. The first-order chi connectivity index (χ1) is 14.8. The number of methoxy groups -OCH3 is 1. The van der Waals surface area contributed by atoms with Crippen LogP contribution in [-0.2, 0) is 23.9 Å². The third-order valence-electron chi connectivity index (χ3n) is 4.85. The summed E-state index contributed by atoms with van der Waals surface area (Å²) >= 11 is 3.39. The van der Waals surface area contributed by atoms with Crippen LogP contribution in [-0.4, -0.2) is 44.0 Å². The van der Waals surface area contributed by atoms with Gasteiger partial charge in [0.15, 0.2) is 6.61 Å². The fourth-order valence-corrected chi connectivity index (χ4v) is 3.43. The first-order valence-corrected chi connectivity index (χ1v) is 10.3. The smallest absolute Gasteiger partial charge is 0.337 e. The fourth-order valence-electron chi connectivity index (χ4n) is 3.18. The summed E-state index contributed by atoms with van der Waals surface area (Å²) in [6.45, 7) is 1.60. The van der Waals surface area contributed by atoms with Crippen LogP contribution in [0.4, 0.5) is 11.4 Å². The van der Waals surface area contributed by atoms with Crippen molar-refractivity contribution >= 4 is 51.1 Å². The second-order valence-electron chi connectivity index (χ2n) is 7.06. The Hall–Kier alpha value is -3.20. The van der Waals surface area contributed by atoms with Gasteiger partial charge in [-0.05, 0) is 55.0 Å². The molecule has 0 aromatic heterocycles. The number of carbonyl (C=O) groups is 4. The van der Waals surface area contributed by atoms with Crippen molar-refractivity contribution in [3.05, 3.63) is 58.1 Å². The molecule has 1 heterocycles. The molecule has 1 aliphatic rings. The predicted octanol–water partition coefficient (Wildman–Crippen LogP) is 3.08. The summed E-state index contributed by atoms with van der Waals surface area (Å²) in [7, 11) is 1.29. The van der Waals surface area contributed by atoms with Gasteiger partial charge < -0.3 is 19.7 Å². The zero-order valence-electron chi connectivity index (χ0n) is 17.0. The van der Waals surface area contributed by atoms with Crippen molar-refractivity contribution in [2.75, 3.05) is 30.5 Å². The average Bonchev–Trinajstić information content (AvgIpc) is 3.16. The molecule has 0 radical (unpaired) electrons. The van der Waals surface area contributed by atoms with E-state index in [0.717, 1.165) is 10.0 Å². The van der Waals surface area contributed by atoms with E-state index in [2.05, 4.69) is 26.0 Å². The highest BCUT2D eigenvalue weighted by molar-refractivity contribution is 9.10. The molecule has 1 saturated heterocycles. The van der Waals surface area contributed by atoms with E-state index in [9.17, 15) is 19.2 Å². The fraction of sp³-hybridized carbons (Fsp3) is 0.273. The topological polar surface area (TPSA) is 102 Å². The van der Waals surface area contributed by atoms with Gasteiger partial charge in [0.25, 0.3) is 5.91 Å². The Morgan fingerprint density at radius 3 is 2.52 bits per heavy atom. The maximum atomic E-state index is 12.4. The van der Waals surface area contributed by atoms with Crippen molar-refractivity contribution in [1.29, 1.82) is 0 Å². The van der Waals surface area contributed by atoms with E-state index in [0.29, 0.717) is 16.9 Å². The van der Waals surface area contributed by atoms with Gasteiger partial charge in [-0.2, -0.15) is 0 Å². The van der Waals surface area contributed by atoms with E-state index in [1.807, 2.05) is 13.0 Å². The minimum absolute atomic E-state index is 0.00882. The number of nitrogens with zero attached hydrogens (tertiary/aromatic N) is 1. The monoisotopic (exact) mass is 488 g/mol.